The molecule has 0 amide bonds. The average molecular weight is 226 g/mol. The Balaban J connectivity index is 2.69. The maximum Gasteiger partial charge on any atom is 0.0478 e. The molecule has 1 atom stereocenters. The van der Waals surface area contributed by atoms with E-state index in [1.165, 1.54) is 18.4 Å². The second-order valence-electron chi connectivity index (χ2n) is 3.84. The molecule has 3 heteroatoms. The quantitative estimate of drug-likeness (QED) is 0.774. The van der Waals surface area contributed by atoms with E-state index in [0.717, 1.165) is 19.6 Å². The third-order valence-electron chi connectivity index (χ3n) is 2.61. The van der Waals surface area contributed by atoms with Crippen LogP contribution >= 0.6 is 11.3 Å². The van der Waals surface area contributed by atoms with Gasteiger partial charge < -0.3 is 5.73 Å². The number of hydrogen-bond acceptors (Lipinski definition) is 3. The van der Waals surface area contributed by atoms with Gasteiger partial charge in [-0.3, -0.25) is 4.90 Å². The van der Waals surface area contributed by atoms with Crippen LogP contribution in [-0.2, 0) is 0 Å². The van der Waals surface area contributed by atoms with Crippen LogP contribution < -0.4 is 5.73 Å². The van der Waals surface area contributed by atoms with Crippen molar-refractivity contribution in [3.63, 3.8) is 0 Å². The van der Waals surface area contributed by atoms with Gasteiger partial charge in [0.05, 0.1) is 0 Å². The number of thiophene rings is 1. The van der Waals surface area contributed by atoms with Crippen molar-refractivity contribution in [2.45, 2.75) is 32.7 Å². The van der Waals surface area contributed by atoms with Gasteiger partial charge in [-0.05, 0) is 48.3 Å². The van der Waals surface area contributed by atoms with Gasteiger partial charge in [0, 0.05) is 12.6 Å². The predicted molar refractivity (Wildman–Crippen MR) is 68.3 cm³/mol. The van der Waals surface area contributed by atoms with Gasteiger partial charge >= 0.3 is 0 Å². The summed E-state index contributed by atoms with van der Waals surface area (Å²) in [5.74, 6) is 0. The molecule has 1 aromatic heterocycles. The Morgan fingerprint density at radius 2 is 2.00 bits per heavy atom. The van der Waals surface area contributed by atoms with Crippen molar-refractivity contribution in [2.75, 3.05) is 19.6 Å². The molecule has 0 aliphatic heterocycles. The van der Waals surface area contributed by atoms with Crippen molar-refractivity contribution in [3.8, 4) is 0 Å². The molecule has 0 bridgehead atoms. The Bertz CT molecular complexity index is 240. The molecule has 2 nitrogen and oxygen atoms in total. The van der Waals surface area contributed by atoms with Gasteiger partial charge in [0.2, 0.25) is 0 Å². The van der Waals surface area contributed by atoms with Crippen molar-refractivity contribution < 1.29 is 0 Å². The van der Waals surface area contributed by atoms with E-state index in [1.807, 2.05) is 0 Å². The Hall–Kier alpha value is -0.380. The third kappa shape index (κ3) is 3.59. The number of nitrogens with two attached hydrogens (primary N) is 1. The van der Waals surface area contributed by atoms with E-state index in [9.17, 15) is 0 Å². The smallest absolute Gasteiger partial charge is 0.0478 e. The lowest BCUT2D eigenvalue weighted by Crippen LogP contribution is -2.34. The van der Waals surface area contributed by atoms with Crippen LogP contribution in [0, 0.1) is 0 Å². The number of rotatable bonds is 7. The molecule has 0 fully saturated rings. The Labute approximate surface area is 97.1 Å². The van der Waals surface area contributed by atoms with Gasteiger partial charge in [-0.1, -0.05) is 13.8 Å². The highest BCUT2D eigenvalue weighted by molar-refractivity contribution is 7.07. The van der Waals surface area contributed by atoms with Crippen LogP contribution in [0.2, 0.25) is 0 Å². The largest absolute Gasteiger partial charge is 0.329 e. The zero-order chi connectivity index (χ0) is 11.1. The van der Waals surface area contributed by atoms with Crippen molar-refractivity contribution in [3.05, 3.63) is 22.4 Å². The van der Waals surface area contributed by atoms with Crippen LogP contribution in [0.15, 0.2) is 16.8 Å². The monoisotopic (exact) mass is 226 g/mol. The number of nitrogens with zero attached hydrogens (tertiary/aromatic N) is 1. The Morgan fingerprint density at radius 1 is 1.33 bits per heavy atom. The highest BCUT2D eigenvalue weighted by Gasteiger charge is 2.17. The third-order valence-corrected chi connectivity index (χ3v) is 3.32. The fourth-order valence-corrected chi connectivity index (χ4v) is 2.67. The Morgan fingerprint density at radius 3 is 2.40 bits per heavy atom. The molecule has 0 aliphatic rings. The lowest BCUT2D eigenvalue weighted by atomic mass is 10.1. The standard InChI is InChI=1S/C12H22N2S/c1-3-6-14(7-4-2)12(9-13)11-5-8-15-10-11/h5,8,10,12H,3-4,6-7,9,13H2,1-2H3. The van der Waals surface area contributed by atoms with Crippen LogP contribution in [0.4, 0.5) is 0 Å². The maximum atomic E-state index is 5.89. The lowest BCUT2D eigenvalue weighted by molar-refractivity contribution is 0.202. The molecular weight excluding hydrogens is 204 g/mol. The first-order chi connectivity index (χ1) is 7.33. The van der Waals surface area contributed by atoms with Crippen LogP contribution in [0.3, 0.4) is 0 Å². The van der Waals surface area contributed by atoms with Gasteiger partial charge in [0.1, 0.15) is 0 Å². The SMILES string of the molecule is CCCN(CCC)C(CN)c1ccsc1. The maximum absolute atomic E-state index is 5.89. The van der Waals surface area contributed by atoms with E-state index in [-0.39, 0.29) is 0 Å². The molecule has 0 saturated carbocycles. The van der Waals surface area contributed by atoms with Crippen LogP contribution in [0.1, 0.15) is 38.3 Å². The molecule has 0 aromatic carbocycles. The van der Waals surface area contributed by atoms with Crippen molar-refractivity contribution in [1.82, 2.24) is 4.90 Å². The van der Waals surface area contributed by atoms with Crippen LogP contribution in [-0.4, -0.2) is 24.5 Å². The normalized spacial score (nSPS) is 13.3. The molecule has 0 radical (unpaired) electrons. The second-order valence-corrected chi connectivity index (χ2v) is 4.62. The molecule has 0 aliphatic carbocycles. The molecule has 15 heavy (non-hydrogen) atoms. The summed E-state index contributed by atoms with van der Waals surface area (Å²) in [6, 6.07) is 2.61. The van der Waals surface area contributed by atoms with E-state index in [4.69, 9.17) is 5.73 Å². The van der Waals surface area contributed by atoms with E-state index < -0.39 is 0 Å². The van der Waals surface area contributed by atoms with Crippen molar-refractivity contribution >= 4 is 11.3 Å². The summed E-state index contributed by atoms with van der Waals surface area (Å²) in [6.07, 6.45) is 2.39. The molecule has 1 heterocycles. The van der Waals surface area contributed by atoms with Gasteiger partial charge in [0.25, 0.3) is 0 Å². The molecule has 86 valence electrons. The number of hydrogen-bond donors (Lipinski definition) is 1. The first-order valence-corrected chi connectivity index (χ1v) is 6.73. The zero-order valence-corrected chi connectivity index (χ0v) is 10.6. The summed E-state index contributed by atoms with van der Waals surface area (Å²) < 4.78 is 0. The van der Waals surface area contributed by atoms with E-state index in [1.54, 1.807) is 11.3 Å². The fraction of sp³-hybridized carbons (Fsp3) is 0.667. The second kappa shape index (κ2) is 6.99. The molecular formula is C12H22N2S. The summed E-state index contributed by atoms with van der Waals surface area (Å²) in [5.41, 5.74) is 7.27. The topological polar surface area (TPSA) is 29.3 Å². The molecule has 0 saturated heterocycles. The highest BCUT2D eigenvalue weighted by Crippen LogP contribution is 2.22. The van der Waals surface area contributed by atoms with Crippen LogP contribution in [0.25, 0.3) is 0 Å². The summed E-state index contributed by atoms with van der Waals surface area (Å²) >= 11 is 1.75. The minimum absolute atomic E-state index is 0.413. The Kier molecular flexibility index (Phi) is 5.91. The van der Waals surface area contributed by atoms with E-state index in [2.05, 4.69) is 35.6 Å². The first kappa shape index (κ1) is 12.7. The van der Waals surface area contributed by atoms with Gasteiger partial charge in [0.15, 0.2) is 0 Å². The molecule has 2 N–H and O–H groups in total. The predicted octanol–water partition coefficient (Wildman–Crippen LogP) is 2.87. The van der Waals surface area contributed by atoms with E-state index >= 15 is 0 Å². The molecule has 0 spiro atoms. The average Bonchev–Trinajstić information content (AvgIpc) is 2.73. The van der Waals surface area contributed by atoms with E-state index in [0.29, 0.717) is 6.04 Å². The molecule has 1 unspecified atom stereocenters. The van der Waals surface area contributed by atoms with Crippen molar-refractivity contribution in [1.29, 1.82) is 0 Å². The van der Waals surface area contributed by atoms with Crippen molar-refractivity contribution in [2.24, 2.45) is 5.73 Å². The minimum atomic E-state index is 0.413. The summed E-state index contributed by atoms with van der Waals surface area (Å²) in [6.45, 7) is 7.46. The summed E-state index contributed by atoms with van der Waals surface area (Å²) in [5, 5.41) is 4.35. The molecule has 1 aromatic rings. The molecule has 1 rings (SSSR count). The summed E-state index contributed by atoms with van der Waals surface area (Å²) in [7, 11) is 0. The highest BCUT2D eigenvalue weighted by atomic mass is 32.1. The van der Waals surface area contributed by atoms with Gasteiger partial charge in [-0.2, -0.15) is 11.3 Å². The van der Waals surface area contributed by atoms with Crippen LogP contribution in [0.5, 0.6) is 0 Å². The zero-order valence-electron chi connectivity index (χ0n) is 9.78. The fourth-order valence-electron chi connectivity index (χ4n) is 1.96. The summed E-state index contributed by atoms with van der Waals surface area (Å²) in [4.78, 5) is 2.50. The lowest BCUT2D eigenvalue weighted by Gasteiger charge is -2.29. The van der Waals surface area contributed by atoms with Gasteiger partial charge in [-0.25, -0.2) is 0 Å². The van der Waals surface area contributed by atoms with Gasteiger partial charge in [-0.15, -0.1) is 0 Å². The first-order valence-electron chi connectivity index (χ1n) is 5.79. The minimum Gasteiger partial charge on any atom is -0.329 e.